The summed E-state index contributed by atoms with van der Waals surface area (Å²) in [7, 11) is 0. The number of aromatic nitrogens is 2. The van der Waals surface area contributed by atoms with Gasteiger partial charge in [-0.15, -0.1) is 0 Å². The van der Waals surface area contributed by atoms with E-state index in [1.54, 1.807) is 0 Å². The zero-order chi connectivity index (χ0) is 14.8. The van der Waals surface area contributed by atoms with E-state index in [0.29, 0.717) is 26.3 Å². The van der Waals surface area contributed by atoms with Crippen molar-refractivity contribution in [1.29, 1.82) is 0 Å². The number of imidazole rings is 1. The largest absolute Gasteiger partial charge is 0.371 e. The molecule has 2 heterocycles. The molecular weight excluding hydrogens is 268 g/mol. The molecule has 6 heteroatoms. The summed E-state index contributed by atoms with van der Waals surface area (Å²) in [6.45, 7) is 6.21. The minimum Gasteiger partial charge on any atom is -0.371 e. The van der Waals surface area contributed by atoms with Crippen molar-refractivity contribution in [2.45, 2.75) is 26.5 Å². The van der Waals surface area contributed by atoms with Gasteiger partial charge in [0, 0.05) is 13.1 Å². The van der Waals surface area contributed by atoms with Crippen LogP contribution in [0.4, 0.5) is 4.79 Å². The Morgan fingerprint density at radius 1 is 1.48 bits per heavy atom. The number of hydrogen-bond acceptors (Lipinski definition) is 3. The maximum Gasteiger partial charge on any atom is 0.314 e. The predicted molar refractivity (Wildman–Crippen MR) is 80.2 cm³/mol. The number of hydrogen-bond donors (Lipinski definition) is 2. The van der Waals surface area contributed by atoms with Gasteiger partial charge in [-0.25, -0.2) is 9.78 Å². The number of nitrogens with one attached hydrogen (secondary N) is 2. The van der Waals surface area contributed by atoms with E-state index in [4.69, 9.17) is 4.74 Å². The molecule has 0 fully saturated rings. The first-order valence-corrected chi connectivity index (χ1v) is 7.26. The first-order valence-electron chi connectivity index (χ1n) is 7.26. The molecule has 3 rings (SSSR count). The molecule has 2 amide bonds. The molecule has 0 saturated carbocycles. The smallest absolute Gasteiger partial charge is 0.314 e. The van der Waals surface area contributed by atoms with Gasteiger partial charge in [0.2, 0.25) is 0 Å². The van der Waals surface area contributed by atoms with Crippen LogP contribution in [0.15, 0.2) is 18.2 Å². The molecule has 0 spiro atoms. The molecule has 0 unspecified atom stereocenters. The molecule has 112 valence electrons. The fourth-order valence-electron chi connectivity index (χ4n) is 2.71. The normalized spacial score (nSPS) is 17.5. The van der Waals surface area contributed by atoms with Gasteiger partial charge < -0.3 is 19.9 Å². The van der Waals surface area contributed by atoms with Gasteiger partial charge >= 0.3 is 6.03 Å². The van der Waals surface area contributed by atoms with Gasteiger partial charge in [0.15, 0.2) is 0 Å². The van der Waals surface area contributed by atoms with E-state index in [2.05, 4.69) is 39.2 Å². The molecule has 0 radical (unpaired) electrons. The van der Waals surface area contributed by atoms with E-state index in [9.17, 15) is 4.79 Å². The second kappa shape index (κ2) is 5.73. The van der Waals surface area contributed by atoms with Gasteiger partial charge in [-0.05, 0) is 31.5 Å². The lowest BCUT2D eigenvalue weighted by molar-refractivity contribution is 0.0572. The zero-order valence-corrected chi connectivity index (χ0v) is 12.3. The summed E-state index contributed by atoms with van der Waals surface area (Å²) < 4.78 is 7.80. The lowest BCUT2D eigenvalue weighted by atomic mass is 10.2. The third kappa shape index (κ3) is 2.71. The minimum absolute atomic E-state index is 0.0724. The van der Waals surface area contributed by atoms with Crippen molar-refractivity contribution in [3.63, 3.8) is 0 Å². The number of rotatable bonds is 3. The molecule has 1 aromatic heterocycles. The lowest BCUT2D eigenvalue weighted by Crippen LogP contribution is -2.40. The monoisotopic (exact) mass is 288 g/mol. The van der Waals surface area contributed by atoms with Crippen molar-refractivity contribution in [2.24, 2.45) is 0 Å². The maximum absolute atomic E-state index is 11.6. The van der Waals surface area contributed by atoms with Gasteiger partial charge in [-0.3, -0.25) is 0 Å². The molecule has 1 aromatic carbocycles. The molecule has 6 nitrogen and oxygen atoms in total. The second-order valence-corrected chi connectivity index (χ2v) is 5.30. The highest BCUT2D eigenvalue weighted by molar-refractivity contribution is 5.77. The molecular formula is C15H20N4O2. The van der Waals surface area contributed by atoms with E-state index >= 15 is 0 Å². The van der Waals surface area contributed by atoms with Crippen LogP contribution >= 0.6 is 0 Å². The Balaban J connectivity index is 1.88. The van der Waals surface area contributed by atoms with Crippen molar-refractivity contribution in [1.82, 2.24) is 20.2 Å². The van der Waals surface area contributed by atoms with Crippen LogP contribution in [0.3, 0.4) is 0 Å². The first kappa shape index (κ1) is 13.9. The van der Waals surface area contributed by atoms with Crippen molar-refractivity contribution in [3.8, 4) is 0 Å². The molecule has 0 bridgehead atoms. The highest BCUT2D eigenvalue weighted by Gasteiger charge is 2.24. The van der Waals surface area contributed by atoms with Crippen LogP contribution in [0.5, 0.6) is 0 Å². The third-order valence-electron chi connectivity index (χ3n) is 3.66. The Morgan fingerprint density at radius 3 is 3.14 bits per heavy atom. The number of urea groups is 1. The average Bonchev–Trinajstić information content (AvgIpc) is 2.84. The van der Waals surface area contributed by atoms with Crippen molar-refractivity contribution >= 4 is 17.1 Å². The minimum atomic E-state index is -0.148. The number of benzene rings is 1. The van der Waals surface area contributed by atoms with Crippen LogP contribution in [-0.4, -0.2) is 35.3 Å². The van der Waals surface area contributed by atoms with Crippen LogP contribution in [0.25, 0.3) is 11.0 Å². The molecule has 1 aliphatic heterocycles. The topological polar surface area (TPSA) is 68.2 Å². The standard InChI is InChI=1S/C15H20N4O2/c1-3-16-15(20)17-7-11-8-21-9-14-18-12-5-4-10(2)6-13(12)19(11)14/h4-6,11H,3,7-9H2,1-2H3,(H2,16,17,20)/t11-/m0/s1. The number of amides is 2. The fraction of sp³-hybridized carbons (Fsp3) is 0.467. The number of aryl methyl sites for hydroxylation is 1. The molecule has 21 heavy (non-hydrogen) atoms. The summed E-state index contributed by atoms with van der Waals surface area (Å²) in [5, 5.41) is 5.62. The molecule has 1 atom stereocenters. The highest BCUT2D eigenvalue weighted by atomic mass is 16.5. The van der Waals surface area contributed by atoms with Crippen LogP contribution in [0.2, 0.25) is 0 Å². The molecule has 2 N–H and O–H groups in total. The van der Waals surface area contributed by atoms with E-state index < -0.39 is 0 Å². The van der Waals surface area contributed by atoms with E-state index in [1.807, 2.05) is 13.0 Å². The van der Waals surface area contributed by atoms with Gasteiger partial charge in [-0.1, -0.05) is 6.07 Å². The van der Waals surface area contributed by atoms with Crippen molar-refractivity contribution in [3.05, 3.63) is 29.6 Å². The van der Waals surface area contributed by atoms with E-state index in [-0.39, 0.29) is 12.1 Å². The van der Waals surface area contributed by atoms with Gasteiger partial charge in [0.05, 0.1) is 23.7 Å². The third-order valence-corrected chi connectivity index (χ3v) is 3.66. The summed E-state index contributed by atoms with van der Waals surface area (Å²) in [6.07, 6.45) is 0. The predicted octanol–water partition coefficient (Wildman–Crippen LogP) is 1.74. The van der Waals surface area contributed by atoms with Gasteiger partial charge in [0.25, 0.3) is 0 Å². The van der Waals surface area contributed by atoms with Gasteiger partial charge in [-0.2, -0.15) is 0 Å². The number of nitrogens with zero attached hydrogens (tertiary/aromatic N) is 2. The fourth-order valence-corrected chi connectivity index (χ4v) is 2.71. The zero-order valence-electron chi connectivity index (χ0n) is 12.3. The number of carbonyl (C=O) groups is 1. The quantitative estimate of drug-likeness (QED) is 0.904. The van der Waals surface area contributed by atoms with Crippen molar-refractivity contribution < 1.29 is 9.53 Å². The molecule has 1 aliphatic rings. The van der Waals surface area contributed by atoms with Gasteiger partial charge in [0.1, 0.15) is 12.4 Å². The maximum atomic E-state index is 11.6. The van der Waals surface area contributed by atoms with Crippen LogP contribution in [0.1, 0.15) is 24.4 Å². The Labute approximate surface area is 123 Å². The summed E-state index contributed by atoms with van der Waals surface area (Å²) >= 11 is 0. The molecule has 0 aliphatic carbocycles. The summed E-state index contributed by atoms with van der Waals surface area (Å²) in [6, 6.07) is 6.15. The summed E-state index contributed by atoms with van der Waals surface area (Å²) in [5.41, 5.74) is 3.28. The Bertz CT molecular complexity index is 665. The van der Waals surface area contributed by atoms with Crippen LogP contribution < -0.4 is 10.6 Å². The Hall–Kier alpha value is -2.08. The van der Waals surface area contributed by atoms with Crippen molar-refractivity contribution in [2.75, 3.05) is 19.7 Å². The molecule has 0 saturated heterocycles. The number of ether oxygens (including phenoxy) is 1. The van der Waals surface area contributed by atoms with E-state index in [0.717, 1.165) is 16.9 Å². The highest BCUT2D eigenvalue weighted by Crippen LogP contribution is 2.26. The lowest BCUT2D eigenvalue weighted by Gasteiger charge is -2.26. The Kier molecular flexibility index (Phi) is 3.79. The SMILES string of the molecule is CCNC(=O)NC[C@H]1COCc2nc3ccc(C)cc3n21. The summed E-state index contributed by atoms with van der Waals surface area (Å²) in [4.78, 5) is 16.2. The molecule has 2 aromatic rings. The van der Waals surface area contributed by atoms with E-state index in [1.165, 1.54) is 5.56 Å². The van der Waals surface area contributed by atoms with Crippen LogP contribution in [-0.2, 0) is 11.3 Å². The number of fused-ring (bicyclic) bond motifs is 3. The average molecular weight is 288 g/mol. The van der Waals surface area contributed by atoms with Crippen LogP contribution in [0, 0.1) is 6.92 Å². The second-order valence-electron chi connectivity index (χ2n) is 5.30. The first-order chi connectivity index (χ1) is 10.2. The Morgan fingerprint density at radius 2 is 2.33 bits per heavy atom. The number of carbonyl (C=O) groups excluding carboxylic acids is 1. The summed E-state index contributed by atoms with van der Waals surface area (Å²) in [5.74, 6) is 0.921.